The van der Waals surface area contributed by atoms with Gasteiger partial charge >= 0.3 is 0 Å². The predicted octanol–water partition coefficient (Wildman–Crippen LogP) is 3.24. The molecule has 1 fully saturated rings. The Hall–Kier alpha value is -1.44. The highest BCUT2D eigenvalue weighted by atomic mass is 16.5. The lowest BCUT2D eigenvalue weighted by molar-refractivity contribution is 0.392. The first-order valence-corrected chi connectivity index (χ1v) is 6.37. The van der Waals surface area contributed by atoms with E-state index in [4.69, 9.17) is 4.74 Å². The number of nitrogens with zero attached hydrogens (tertiary/aromatic N) is 1. The molecule has 2 aliphatic heterocycles. The van der Waals surface area contributed by atoms with Crippen LogP contribution in [0.5, 0.6) is 5.75 Å². The van der Waals surface area contributed by atoms with E-state index in [1.54, 1.807) is 12.7 Å². The Labute approximate surface area is 103 Å². The number of methoxy groups -OCH3 is 1. The fraction of sp³-hybridized carbons (Fsp3) is 0.467. The minimum Gasteiger partial charge on any atom is -0.497 e. The van der Waals surface area contributed by atoms with Crippen molar-refractivity contribution in [2.24, 2.45) is 5.92 Å². The highest BCUT2D eigenvalue weighted by Gasteiger charge is 2.32. The van der Waals surface area contributed by atoms with Gasteiger partial charge in [0.15, 0.2) is 0 Å². The van der Waals surface area contributed by atoms with Crippen molar-refractivity contribution in [3.05, 3.63) is 35.9 Å². The maximum absolute atomic E-state index is 5.21. The van der Waals surface area contributed by atoms with E-state index in [9.17, 15) is 0 Å². The maximum atomic E-state index is 5.21. The molecule has 2 nitrogen and oxygen atoms in total. The van der Waals surface area contributed by atoms with E-state index in [0.29, 0.717) is 6.04 Å². The summed E-state index contributed by atoms with van der Waals surface area (Å²) in [5.41, 5.74) is 2.91. The predicted molar refractivity (Wildman–Crippen MR) is 70.6 cm³/mol. The van der Waals surface area contributed by atoms with E-state index in [0.717, 1.165) is 11.7 Å². The third-order valence-corrected chi connectivity index (χ3v) is 4.13. The molecule has 1 aromatic carbocycles. The molecule has 4 rings (SSSR count). The van der Waals surface area contributed by atoms with Crippen LogP contribution in [0.3, 0.4) is 0 Å². The number of benzene rings is 1. The molecular weight excluding hydrogens is 210 g/mol. The van der Waals surface area contributed by atoms with Gasteiger partial charge in [-0.15, -0.1) is 0 Å². The summed E-state index contributed by atoms with van der Waals surface area (Å²) in [6.07, 6.45) is 5.11. The first-order chi connectivity index (χ1) is 8.28. The van der Waals surface area contributed by atoms with Crippen molar-refractivity contribution in [2.45, 2.75) is 25.8 Å². The van der Waals surface area contributed by atoms with E-state index in [1.165, 1.54) is 25.1 Å². The molecule has 0 radical (unpaired) electrons. The van der Waals surface area contributed by atoms with E-state index < -0.39 is 0 Å². The third kappa shape index (κ3) is 1.82. The van der Waals surface area contributed by atoms with Crippen LogP contribution in [0.4, 0.5) is 5.69 Å². The molecular formula is C15H19NO. The largest absolute Gasteiger partial charge is 0.497 e. The topological polar surface area (TPSA) is 12.5 Å². The van der Waals surface area contributed by atoms with Crippen LogP contribution in [0, 0.1) is 5.92 Å². The smallest absolute Gasteiger partial charge is 0.119 e. The van der Waals surface area contributed by atoms with Gasteiger partial charge in [0.05, 0.1) is 7.11 Å². The lowest BCUT2D eigenvalue weighted by atomic mass is 9.80. The Morgan fingerprint density at radius 2 is 1.94 bits per heavy atom. The Bertz CT molecular complexity index is 435. The maximum Gasteiger partial charge on any atom is 0.119 e. The molecule has 1 aliphatic carbocycles. The molecule has 90 valence electrons. The Morgan fingerprint density at radius 1 is 1.18 bits per heavy atom. The normalized spacial score (nSPS) is 26.9. The molecule has 2 atom stereocenters. The van der Waals surface area contributed by atoms with Gasteiger partial charge in [-0.3, -0.25) is 0 Å². The lowest BCUT2D eigenvalue weighted by Gasteiger charge is -2.45. The summed E-state index contributed by atoms with van der Waals surface area (Å²) >= 11 is 0. The van der Waals surface area contributed by atoms with Gasteiger partial charge in [0.25, 0.3) is 0 Å². The molecule has 2 unspecified atom stereocenters. The van der Waals surface area contributed by atoms with E-state index in [-0.39, 0.29) is 0 Å². The minimum absolute atomic E-state index is 0.605. The third-order valence-electron chi connectivity index (χ3n) is 4.13. The van der Waals surface area contributed by atoms with Gasteiger partial charge in [0, 0.05) is 18.3 Å². The van der Waals surface area contributed by atoms with Crippen LogP contribution < -0.4 is 9.64 Å². The zero-order chi connectivity index (χ0) is 11.8. The number of fused-ring (bicyclic) bond motifs is 2. The number of piperidine rings is 1. The van der Waals surface area contributed by atoms with Crippen molar-refractivity contribution in [1.82, 2.24) is 0 Å². The van der Waals surface area contributed by atoms with Crippen LogP contribution in [0.2, 0.25) is 0 Å². The molecule has 1 aromatic rings. The van der Waals surface area contributed by atoms with Crippen molar-refractivity contribution in [3.8, 4) is 5.75 Å². The van der Waals surface area contributed by atoms with Crippen LogP contribution in [0.1, 0.15) is 19.8 Å². The summed E-state index contributed by atoms with van der Waals surface area (Å²) in [6.45, 7) is 3.46. The van der Waals surface area contributed by atoms with Crippen LogP contribution in [-0.4, -0.2) is 19.7 Å². The molecule has 2 heterocycles. The number of rotatable bonds is 2. The first kappa shape index (κ1) is 10.7. The summed E-state index contributed by atoms with van der Waals surface area (Å²) in [7, 11) is 1.71. The number of hydrogen-bond acceptors (Lipinski definition) is 2. The van der Waals surface area contributed by atoms with Crippen LogP contribution in [-0.2, 0) is 0 Å². The van der Waals surface area contributed by atoms with E-state index in [1.807, 2.05) is 12.1 Å². The Morgan fingerprint density at radius 3 is 2.47 bits per heavy atom. The van der Waals surface area contributed by atoms with Gasteiger partial charge in [-0.05, 0) is 49.9 Å². The molecule has 17 heavy (non-hydrogen) atoms. The molecule has 0 spiro atoms. The average Bonchev–Trinajstić information content (AvgIpc) is 2.39. The summed E-state index contributed by atoms with van der Waals surface area (Å²) in [5, 5.41) is 0. The van der Waals surface area contributed by atoms with Crippen molar-refractivity contribution in [2.75, 3.05) is 18.6 Å². The molecule has 0 N–H and O–H groups in total. The van der Waals surface area contributed by atoms with Crippen LogP contribution in [0.15, 0.2) is 35.9 Å². The van der Waals surface area contributed by atoms with Crippen LogP contribution >= 0.6 is 0 Å². The Balaban J connectivity index is 1.86. The van der Waals surface area contributed by atoms with Crippen molar-refractivity contribution in [3.63, 3.8) is 0 Å². The first-order valence-electron chi connectivity index (χ1n) is 6.37. The monoisotopic (exact) mass is 229 g/mol. The molecule has 3 aliphatic rings. The average molecular weight is 229 g/mol. The van der Waals surface area contributed by atoms with Gasteiger partial charge in [0.2, 0.25) is 0 Å². The van der Waals surface area contributed by atoms with Gasteiger partial charge < -0.3 is 9.64 Å². The summed E-state index contributed by atoms with van der Waals surface area (Å²) < 4.78 is 5.21. The molecule has 0 amide bonds. The summed E-state index contributed by atoms with van der Waals surface area (Å²) in [6, 6.07) is 9.04. The molecule has 2 bridgehead atoms. The van der Waals surface area contributed by atoms with E-state index >= 15 is 0 Å². The van der Waals surface area contributed by atoms with Gasteiger partial charge in [-0.2, -0.15) is 0 Å². The fourth-order valence-electron chi connectivity index (χ4n) is 3.05. The van der Waals surface area contributed by atoms with Crippen molar-refractivity contribution >= 4 is 5.69 Å². The van der Waals surface area contributed by atoms with Gasteiger partial charge in [0.1, 0.15) is 5.75 Å². The second-order valence-corrected chi connectivity index (χ2v) is 5.10. The summed E-state index contributed by atoms with van der Waals surface area (Å²) in [4.78, 5) is 2.53. The van der Waals surface area contributed by atoms with Gasteiger partial charge in [-0.25, -0.2) is 0 Å². The van der Waals surface area contributed by atoms with Crippen molar-refractivity contribution < 1.29 is 4.74 Å². The number of hydrogen-bond donors (Lipinski definition) is 0. The van der Waals surface area contributed by atoms with Crippen LogP contribution in [0.25, 0.3) is 0 Å². The highest BCUT2D eigenvalue weighted by Crippen LogP contribution is 2.37. The number of anilines is 1. The second-order valence-electron chi connectivity index (χ2n) is 5.10. The minimum atomic E-state index is 0.605. The quantitative estimate of drug-likeness (QED) is 0.722. The Kier molecular flexibility index (Phi) is 2.58. The SMILES string of the molecule is COc1ccc(N2CC3CCC2C=C3C)cc1. The number of ether oxygens (including phenoxy) is 1. The molecule has 1 saturated heterocycles. The summed E-state index contributed by atoms with van der Waals surface area (Å²) in [5.74, 6) is 1.70. The zero-order valence-electron chi connectivity index (χ0n) is 10.5. The van der Waals surface area contributed by atoms with E-state index in [2.05, 4.69) is 30.0 Å². The molecule has 2 heteroatoms. The highest BCUT2D eigenvalue weighted by molar-refractivity contribution is 5.53. The lowest BCUT2D eigenvalue weighted by Crippen LogP contribution is -2.46. The fourth-order valence-corrected chi connectivity index (χ4v) is 3.05. The van der Waals surface area contributed by atoms with Crippen molar-refractivity contribution in [1.29, 1.82) is 0 Å². The molecule has 0 aromatic heterocycles. The zero-order valence-corrected chi connectivity index (χ0v) is 10.5. The molecule has 0 saturated carbocycles. The second kappa shape index (κ2) is 4.10. The standard InChI is InChI=1S/C15H19NO/c1-11-9-14-4-3-12(11)10-16(14)13-5-7-15(17-2)8-6-13/h5-9,12,14H,3-4,10H2,1-2H3. The van der Waals surface area contributed by atoms with Gasteiger partial charge in [-0.1, -0.05) is 11.6 Å².